The Kier molecular flexibility index (Phi) is 5.18. The first kappa shape index (κ1) is 17.3. The molecule has 6 heteroatoms. The van der Waals surface area contributed by atoms with Crippen LogP contribution in [0.2, 0.25) is 0 Å². The highest BCUT2D eigenvalue weighted by Crippen LogP contribution is 2.26. The highest BCUT2D eigenvalue weighted by molar-refractivity contribution is 9.10. The van der Waals surface area contributed by atoms with E-state index in [1.807, 2.05) is 48.9 Å². The van der Waals surface area contributed by atoms with E-state index < -0.39 is 0 Å². The molecule has 0 radical (unpaired) electrons. The number of hydrogen-bond donors (Lipinski definition) is 0. The van der Waals surface area contributed by atoms with Gasteiger partial charge in [-0.1, -0.05) is 40.2 Å². The molecule has 122 valence electrons. The van der Waals surface area contributed by atoms with Crippen LogP contribution in [-0.4, -0.2) is 10.5 Å². The predicted molar refractivity (Wildman–Crippen MR) is 105 cm³/mol. The number of benzene rings is 2. The Bertz CT molecular complexity index is 971. The summed E-state index contributed by atoms with van der Waals surface area (Å²) < 4.78 is 3.76. The molecular weight excluding hydrogens is 452 g/mol. The zero-order valence-corrected chi connectivity index (χ0v) is 17.1. The third-order valence-electron chi connectivity index (χ3n) is 3.62. The summed E-state index contributed by atoms with van der Waals surface area (Å²) in [4.78, 5) is 18.6. The SMILES string of the molecule is Cc1sc(=NC(=O)c2ccccc2Br)n(C)c1-c1ccc(Br)cc1. The molecule has 2 aromatic carbocycles. The van der Waals surface area contributed by atoms with Crippen molar-refractivity contribution in [2.75, 3.05) is 0 Å². The Labute approximate surface area is 161 Å². The molecule has 0 fully saturated rings. The number of aryl methyl sites for hydroxylation is 1. The van der Waals surface area contributed by atoms with Crippen LogP contribution in [0.5, 0.6) is 0 Å². The van der Waals surface area contributed by atoms with Crippen molar-refractivity contribution in [2.45, 2.75) is 6.92 Å². The lowest BCUT2D eigenvalue weighted by Gasteiger charge is -2.05. The van der Waals surface area contributed by atoms with E-state index >= 15 is 0 Å². The molecule has 1 aromatic heterocycles. The van der Waals surface area contributed by atoms with Gasteiger partial charge in [0.2, 0.25) is 0 Å². The van der Waals surface area contributed by atoms with E-state index in [0.29, 0.717) is 10.4 Å². The molecule has 0 N–H and O–H groups in total. The fraction of sp³-hybridized carbons (Fsp3) is 0.111. The molecule has 1 amide bonds. The van der Waals surface area contributed by atoms with Gasteiger partial charge in [0, 0.05) is 20.9 Å². The second-order valence-corrected chi connectivity index (χ2v) is 8.20. The van der Waals surface area contributed by atoms with E-state index in [2.05, 4.69) is 49.0 Å². The largest absolute Gasteiger partial charge is 0.319 e. The molecule has 1 heterocycles. The molecule has 24 heavy (non-hydrogen) atoms. The Morgan fingerprint density at radius 1 is 1.08 bits per heavy atom. The summed E-state index contributed by atoms with van der Waals surface area (Å²) in [6.07, 6.45) is 0. The number of carbonyl (C=O) groups excluding carboxylic acids is 1. The van der Waals surface area contributed by atoms with Crippen LogP contribution >= 0.6 is 43.2 Å². The number of nitrogens with zero attached hydrogens (tertiary/aromatic N) is 2. The van der Waals surface area contributed by atoms with Gasteiger partial charge in [0.25, 0.3) is 5.91 Å². The minimum absolute atomic E-state index is 0.248. The van der Waals surface area contributed by atoms with Gasteiger partial charge in [-0.15, -0.1) is 11.3 Å². The number of amides is 1. The summed E-state index contributed by atoms with van der Waals surface area (Å²) in [5, 5.41) is 0. The van der Waals surface area contributed by atoms with Crippen molar-refractivity contribution in [3.8, 4) is 11.3 Å². The second kappa shape index (κ2) is 7.17. The monoisotopic (exact) mass is 464 g/mol. The van der Waals surface area contributed by atoms with Gasteiger partial charge >= 0.3 is 0 Å². The van der Waals surface area contributed by atoms with Gasteiger partial charge in [0.15, 0.2) is 4.80 Å². The zero-order valence-electron chi connectivity index (χ0n) is 13.1. The fourth-order valence-corrected chi connectivity index (χ4v) is 4.17. The predicted octanol–water partition coefficient (Wildman–Crippen LogP) is 5.33. The van der Waals surface area contributed by atoms with Crippen LogP contribution in [0.25, 0.3) is 11.3 Å². The second-order valence-electron chi connectivity index (χ2n) is 5.25. The quantitative estimate of drug-likeness (QED) is 0.503. The molecule has 0 unspecified atom stereocenters. The summed E-state index contributed by atoms with van der Waals surface area (Å²) in [6.45, 7) is 2.05. The van der Waals surface area contributed by atoms with Crippen LogP contribution in [0.15, 0.2) is 62.5 Å². The molecule has 0 aliphatic heterocycles. The number of carbonyl (C=O) groups is 1. The third-order valence-corrected chi connectivity index (χ3v) is 5.89. The first-order valence-electron chi connectivity index (χ1n) is 7.23. The van der Waals surface area contributed by atoms with Crippen molar-refractivity contribution >= 4 is 49.1 Å². The van der Waals surface area contributed by atoms with Crippen LogP contribution < -0.4 is 4.80 Å². The maximum absolute atomic E-state index is 12.5. The number of rotatable bonds is 2. The average molecular weight is 466 g/mol. The first-order chi connectivity index (χ1) is 11.5. The number of thiazole rings is 1. The summed E-state index contributed by atoms with van der Waals surface area (Å²) in [6, 6.07) is 15.5. The molecule has 0 spiro atoms. The Hall–Kier alpha value is -1.50. The van der Waals surface area contributed by atoms with Crippen molar-refractivity contribution in [3.05, 3.63) is 72.7 Å². The number of hydrogen-bond acceptors (Lipinski definition) is 2. The summed E-state index contributed by atoms with van der Waals surface area (Å²) in [7, 11) is 1.94. The average Bonchev–Trinajstić information content (AvgIpc) is 2.83. The molecule has 0 bridgehead atoms. The molecule has 0 atom stereocenters. The minimum atomic E-state index is -0.248. The van der Waals surface area contributed by atoms with Gasteiger partial charge < -0.3 is 4.57 Å². The topological polar surface area (TPSA) is 34.4 Å². The van der Waals surface area contributed by atoms with Crippen molar-refractivity contribution in [2.24, 2.45) is 12.0 Å². The van der Waals surface area contributed by atoms with E-state index in [1.165, 1.54) is 11.3 Å². The summed E-state index contributed by atoms with van der Waals surface area (Å²) in [5.41, 5.74) is 2.74. The Balaban J connectivity index is 2.07. The van der Waals surface area contributed by atoms with Crippen molar-refractivity contribution < 1.29 is 4.79 Å². The maximum atomic E-state index is 12.5. The number of aromatic nitrogens is 1. The standard InChI is InChI=1S/C18H14Br2N2OS/c1-11-16(12-7-9-13(19)10-8-12)22(2)18(24-11)21-17(23)14-5-3-4-6-15(14)20/h3-10H,1-2H3. The van der Waals surface area contributed by atoms with Gasteiger partial charge in [0.05, 0.1) is 11.3 Å². The maximum Gasteiger partial charge on any atom is 0.280 e. The summed E-state index contributed by atoms with van der Waals surface area (Å²) in [5.74, 6) is -0.248. The van der Waals surface area contributed by atoms with Crippen LogP contribution in [-0.2, 0) is 7.05 Å². The molecule has 3 nitrogen and oxygen atoms in total. The highest BCUT2D eigenvalue weighted by Gasteiger charge is 2.13. The first-order valence-corrected chi connectivity index (χ1v) is 9.63. The van der Waals surface area contributed by atoms with Crippen LogP contribution in [0.3, 0.4) is 0 Å². The lowest BCUT2D eigenvalue weighted by atomic mass is 10.1. The third kappa shape index (κ3) is 3.45. The molecule has 0 aliphatic rings. The van der Waals surface area contributed by atoms with Gasteiger partial charge in [-0.05, 0) is 52.7 Å². The highest BCUT2D eigenvalue weighted by atomic mass is 79.9. The molecular formula is C18H14Br2N2OS. The fourth-order valence-electron chi connectivity index (χ4n) is 2.47. The van der Waals surface area contributed by atoms with Gasteiger partial charge in [-0.2, -0.15) is 4.99 Å². The molecule has 0 saturated heterocycles. The molecule has 3 aromatic rings. The van der Waals surface area contributed by atoms with Crippen LogP contribution in [0.1, 0.15) is 15.2 Å². The van der Waals surface area contributed by atoms with E-state index in [0.717, 1.165) is 25.1 Å². The van der Waals surface area contributed by atoms with E-state index in [1.54, 1.807) is 6.07 Å². The minimum Gasteiger partial charge on any atom is -0.319 e. The van der Waals surface area contributed by atoms with Crippen molar-refractivity contribution in [1.82, 2.24) is 4.57 Å². The molecule has 0 aliphatic carbocycles. The van der Waals surface area contributed by atoms with E-state index in [9.17, 15) is 4.79 Å². The zero-order chi connectivity index (χ0) is 17.3. The lowest BCUT2D eigenvalue weighted by molar-refractivity contribution is 0.0997. The lowest BCUT2D eigenvalue weighted by Crippen LogP contribution is -2.14. The van der Waals surface area contributed by atoms with Gasteiger partial charge in [-0.3, -0.25) is 4.79 Å². The Morgan fingerprint density at radius 2 is 1.75 bits per heavy atom. The van der Waals surface area contributed by atoms with E-state index in [-0.39, 0.29) is 5.91 Å². The Morgan fingerprint density at radius 3 is 2.42 bits per heavy atom. The van der Waals surface area contributed by atoms with E-state index in [4.69, 9.17) is 0 Å². The van der Waals surface area contributed by atoms with Crippen LogP contribution in [0.4, 0.5) is 0 Å². The van der Waals surface area contributed by atoms with Gasteiger partial charge in [0.1, 0.15) is 0 Å². The normalized spacial score (nSPS) is 11.8. The van der Waals surface area contributed by atoms with Crippen molar-refractivity contribution in [1.29, 1.82) is 0 Å². The summed E-state index contributed by atoms with van der Waals surface area (Å²) >= 11 is 8.37. The molecule has 3 rings (SSSR count). The smallest absolute Gasteiger partial charge is 0.280 e. The van der Waals surface area contributed by atoms with Crippen molar-refractivity contribution in [3.63, 3.8) is 0 Å². The van der Waals surface area contributed by atoms with Gasteiger partial charge in [-0.25, -0.2) is 0 Å². The number of halogens is 2. The molecule has 0 saturated carbocycles. The van der Waals surface area contributed by atoms with Crippen LogP contribution in [0, 0.1) is 6.92 Å².